The standard InChI is InChI=1S/C67H118O6/c1-4-7-10-13-16-19-21-22-23-24-25-26-27-28-29-30-31-32-33-34-35-36-37-38-39-40-41-42-43-44-46-48-51-54-57-60-66(69)72-63-64(62-71-65(68)59-56-53-50-47-18-15-12-9-6-3)73-67(70)61-58-55-52-49-45-20-17-14-11-8-5-2/h7,10,14,16-17,19,22-23,25-26,28-29,64H,4-6,8-9,11-13,15,18,20-21,24,27,30-63H2,1-3H3/b10-7-,17-14-,19-16-,23-22-,26-25-,29-28-. The van der Waals surface area contributed by atoms with Crippen molar-refractivity contribution in [3.63, 3.8) is 0 Å². The van der Waals surface area contributed by atoms with Crippen LogP contribution in [0, 0.1) is 0 Å². The number of hydrogen-bond acceptors (Lipinski definition) is 6. The van der Waals surface area contributed by atoms with Gasteiger partial charge >= 0.3 is 17.9 Å². The minimum Gasteiger partial charge on any atom is -0.462 e. The number of allylic oxidation sites excluding steroid dienone is 12. The predicted molar refractivity (Wildman–Crippen MR) is 316 cm³/mol. The van der Waals surface area contributed by atoms with Crippen LogP contribution in [-0.2, 0) is 28.6 Å². The molecule has 0 fully saturated rings. The highest BCUT2D eigenvalue weighted by Gasteiger charge is 2.19. The maximum atomic E-state index is 12.8. The van der Waals surface area contributed by atoms with E-state index in [1.54, 1.807) is 0 Å². The van der Waals surface area contributed by atoms with Crippen molar-refractivity contribution in [2.75, 3.05) is 13.2 Å². The lowest BCUT2D eigenvalue weighted by molar-refractivity contribution is -0.167. The summed E-state index contributed by atoms with van der Waals surface area (Å²) in [6, 6.07) is 0. The summed E-state index contributed by atoms with van der Waals surface area (Å²) in [5.74, 6) is -0.874. The fourth-order valence-electron chi connectivity index (χ4n) is 8.98. The van der Waals surface area contributed by atoms with Gasteiger partial charge in [0.15, 0.2) is 6.10 Å². The SMILES string of the molecule is CC/C=C\C/C=C\C/C=C\C/C=C\C/C=C\CCCCCCCCCCCCCCCCCCCCCC(=O)OCC(COC(=O)CCCCCCCCCCC)OC(=O)CCCCCCC/C=C\CCCC. The number of ether oxygens (including phenoxy) is 3. The molecule has 422 valence electrons. The van der Waals surface area contributed by atoms with Crippen molar-refractivity contribution in [2.45, 2.75) is 322 Å². The van der Waals surface area contributed by atoms with Crippen LogP contribution < -0.4 is 0 Å². The number of rotatable bonds is 57. The Kier molecular flexibility index (Phi) is 58.7. The summed E-state index contributed by atoms with van der Waals surface area (Å²) < 4.78 is 16.8. The van der Waals surface area contributed by atoms with E-state index in [4.69, 9.17) is 14.2 Å². The van der Waals surface area contributed by atoms with Gasteiger partial charge in [-0.05, 0) is 83.5 Å². The van der Waals surface area contributed by atoms with Gasteiger partial charge in [0.25, 0.3) is 0 Å². The maximum absolute atomic E-state index is 12.8. The minimum atomic E-state index is -0.773. The van der Waals surface area contributed by atoms with Gasteiger partial charge in [-0.15, -0.1) is 0 Å². The van der Waals surface area contributed by atoms with Crippen molar-refractivity contribution in [3.05, 3.63) is 72.9 Å². The lowest BCUT2D eigenvalue weighted by Gasteiger charge is -2.18. The first kappa shape index (κ1) is 69.8. The molecule has 0 radical (unpaired) electrons. The first-order valence-electron chi connectivity index (χ1n) is 31.4. The summed E-state index contributed by atoms with van der Waals surface area (Å²) in [6.45, 7) is 6.48. The Balaban J connectivity index is 3.96. The Morgan fingerprint density at radius 3 is 0.890 bits per heavy atom. The zero-order valence-corrected chi connectivity index (χ0v) is 48.4. The second kappa shape index (κ2) is 61.4. The Labute approximate surface area is 453 Å². The van der Waals surface area contributed by atoms with Crippen LogP contribution in [-0.4, -0.2) is 37.2 Å². The molecule has 0 aromatic heterocycles. The van der Waals surface area contributed by atoms with E-state index in [0.717, 1.165) is 103 Å². The van der Waals surface area contributed by atoms with Crippen LogP contribution >= 0.6 is 0 Å². The molecule has 0 amide bonds. The van der Waals surface area contributed by atoms with Gasteiger partial charge < -0.3 is 14.2 Å². The third-order valence-corrected chi connectivity index (χ3v) is 13.7. The van der Waals surface area contributed by atoms with Crippen molar-refractivity contribution in [3.8, 4) is 0 Å². The van der Waals surface area contributed by atoms with Crippen molar-refractivity contribution in [1.29, 1.82) is 0 Å². The number of esters is 3. The fourth-order valence-corrected chi connectivity index (χ4v) is 8.98. The lowest BCUT2D eigenvalue weighted by atomic mass is 10.0. The van der Waals surface area contributed by atoms with E-state index in [2.05, 4.69) is 93.7 Å². The quantitative estimate of drug-likeness (QED) is 0.0261. The van der Waals surface area contributed by atoms with E-state index in [0.29, 0.717) is 19.3 Å². The molecule has 73 heavy (non-hydrogen) atoms. The van der Waals surface area contributed by atoms with E-state index < -0.39 is 6.10 Å². The van der Waals surface area contributed by atoms with Gasteiger partial charge in [0, 0.05) is 19.3 Å². The first-order chi connectivity index (χ1) is 36.0. The van der Waals surface area contributed by atoms with Crippen molar-refractivity contribution in [2.24, 2.45) is 0 Å². The largest absolute Gasteiger partial charge is 0.462 e. The summed E-state index contributed by atoms with van der Waals surface area (Å²) in [6.07, 6.45) is 79.4. The molecule has 0 aliphatic carbocycles. The third-order valence-electron chi connectivity index (χ3n) is 13.7. The van der Waals surface area contributed by atoms with E-state index in [-0.39, 0.29) is 31.1 Å². The maximum Gasteiger partial charge on any atom is 0.306 e. The lowest BCUT2D eigenvalue weighted by Crippen LogP contribution is -2.30. The third kappa shape index (κ3) is 59.6. The zero-order chi connectivity index (χ0) is 52.9. The summed E-state index contributed by atoms with van der Waals surface area (Å²) in [7, 11) is 0. The Morgan fingerprint density at radius 2 is 0.548 bits per heavy atom. The summed E-state index contributed by atoms with van der Waals surface area (Å²) in [5, 5.41) is 0. The van der Waals surface area contributed by atoms with Crippen LogP contribution in [0.5, 0.6) is 0 Å². The van der Waals surface area contributed by atoms with Crippen molar-refractivity contribution in [1.82, 2.24) is 0 Å². The molecule has 0 aliphatic rings. The van der Waals surface area contributed by atoms with Gasteiger partial charge in [-0.25, -0.2) is 0 Å². The molecule has 6 nitrogen and oxygen atoms in total. The van der Waals surface area contributed by atoms with Crippen molar-refractivity contribution >= 4 is 17.9 Å². The number of carbonyl (C=O) groups excluding carboxylic acids is 3. The summed E-state index contributed by atoms with van der Waals surface area (Å²) in [4.78, 5) is 38.0. The topological polar surface area (TPSA) is 78.9 Å². The Hall–Kier alpha value is -3.15. The van der Waals surface area contributed by atoms with Gasteiger partial charge in [0.2, 0.25) is 0 Å². The van der Waals surface area contributed by atoms with Crippen LogP contribution in [0.2, 0.25) is 0 Å². The molecule has 0 saturated heterocycles. The van der Waals surface area contributed by atoms with Gasteiger partial charge in [0.05, 0.1) is 0 Å². The minimum absolute atomic E-state index is 0.0734. The summed E-state index contributed by atoms with van der Waals surface area (Å²) >= 11 is 0. The van der Waals surface area contributed by atoms with Gasteiger partial charge in [-0.1, -0.05) is 286 Å². The molecule has 0 saturated carbocycles. The molecule has 6 heteroatoms. The number of carbonyl (C=O) groups is 3. The van der Waals surface area contributed by atoms with Crippen LogP contribution in [0.1, 0.15) is 316 Å². The first-order valence-corrected chi connectivity index (χ1v) is 31.4. The molecule has 1 unspecified atom stereocenters. The molecule has 1 atom stereocenters. The molecule has 0 bridgehead atoms. The molecule has 0 aliphatic heterocycles. The molecule has 0 rings (SSSR count). The van der Waals surface area contributed by atoms with E-state index in [1.807, 2.05) is 0 Å². The molecular weight excluding hydrogens is 901 g/mol. The van der Waals surface area contributed by atoms with Crippen LogP contribution in [0.3, 0.4) is 0 Å². The monoisotopic (exact) mass is 1020 g/mol. The highest BCUT2D eigenvalue weighted by atomic mass is 16.6. The average Bonchev–Trinajstić information content (AvgIpc) is 3.39. The average molecular weight is 1020 g/mol. The zero-order valence-electron chi connectivity index (χ0n) is 48.4. The van der Waals surface area contributed by atoms with E-state index in [9.17, 15) is 14.4 Å². The number of hydrogen-bond donors (Lipinski definition) is 0. The van der Waals surface area contributed by atoms with Gasteiger partial charge in [-0.3, -0.25) is 14.4 Å². The molecule has 0 N–H and O–H groups in total. The number of unbranched alkanes of at least 4 members (excludes halogenated alkanes) is 34. The second-order valence-electron chi connectivity index (χ2n) is 20.9. The molecular formula is C67H118O6. The molecule has 0 heterocycles. The Morgan fingerprint density at radius 1 is 0.288 bits per heavy atom. The fraction of sp³-hybridized carbons (Fsp3) is 0.776. The van der Waals surface area contributed by atoms with Gasteiger partial charge in [-0.2, -0.15) is 0 Å². The van der Waals surface area contributed by atoms with E-state index >= 15 is 0 Å². The Bertz CT molecular complexity index is 1360. The summed E-state index contributed by atoms with van der Waals surface area (Å²) in [5.41, 5.74) is 0. The molecule has 0 aromatic rings. The molecule has 0 aromatic carbocycles. The normalized spacial score (nSPS) is 12.5. The van der Waals surface area contributed by atoms with E-state index in [1.165, 1.54) is 173 Å². The van der Waals surface area contributed by atoms with Gasteiger partial charge in [0.1, 0.15) is 13.2 Å². The highest BCUT2D eigenvalue weighted by molar-refractivity contribution is 5.71. The predicted octanol–water partition coefficient (Wildman–Crippen LogP) is 21.3. The van der Waals surface area contributed by atoms with Crippen molar-refractivity contribution < 1.29 is 28.6 Å². The molecule has 0 spiro atoms. The van der Waals surface area contributed by atoms with Crippen LogP contribution in [0.15, 0.2) is 72.9 Å². The van der Waals surface area contributed by atoms with Crippen LogP contribution in [0.25, 0.3) is 0 Å². The highest BCUT2D eigenvalue weighted by Crippen LogP contribution is 2.17. The second-order valence-corrected chi connectivity index (χ2v) is 20.9. The smallest absolute Gasteiger partial charge is 0.306 e. The van der Waals surface area contributed by atoms with Crippen LogP contribution in [0.4, 0.5) is 0 Å².